The normalized spacial score (nSPS) is 11.7. The van der Waals surface area contributed by atoms with Gasteiger partial charge >= 0.3 is 5.97 Å². The molecule has 1 aromatic heterocycles. The average molecular weight is 377 g/mol. The van der Waals surface area contributed by atoms with Crippen molar-refractivity contribution in [1.29, 1.82) is 0 Å². The maximum Gasteiger partial charge on any atom is 0.328 e. The third kappa shape index (κ3) is 4.32. The van der Waals surface area contributed by atoms with Crippen molar-refractivity contribution in [2.45, 2.75) is 26.8 Å². The third-order valence-corrected chi connectivity index (χ3v) is 4.57. The number of hydrogen-bond donors (Lipinski definition) is 1. The van der Waals surface area contributed by atoms with E-state index in [0.29, 0.717) is 5.56 Å². The van der Waals surface area contributed by atoms with Crippen LogP contribution < -0.4 is 5.32 Å². The van der Waals surface area contributed by atoms with Gasteiger partial charge in [0, 0.05) is 24.0 Å². The van der Waals surface area contributed by atoms with E-state index in [1.165, 1.54) is 6.92 Å². The summed E-state index contributed by atoms with van der Waals surface area (Å²) >= 11 is 5.96. The number of benzene rings is 1. The van der Waals surface area contributed by atoms with Crippen LogP contribution in [0.5, 0.6) is 0 Å². The number of ether oxygens (including phenoxy) is 1. The maximum atomic E-state index is 12.3. The number of carbonyl (C=O) groups excluding carboxylic acids is 3. The Balaban J connectivity index is 1.93. The number of Topliss-reactive ketones (excluding diaryl/α,β-unsaturated/α-hetero) is 1. The fourth-order valence-corrected chi connectivity index (χ4v) is 2.68. The minimum atomic E-state index is -0.912. The van der Waals surface area contributed by atoms with Crippen molar-refractivity contribution in [1.82, 2.24) is 9.88 Å². The van der Waals surface area contributed by atoms with Crippen LogP contribution in [0, 0.1) is 13.8 Å². The third-order valence-electron chi connectivity index (χ3n) is 4.24. The summed E-state index contributed by atoms with van der Waals surface area (Å²) in [5, 5.41) is 2.80. The summed E-state index contributed by atoms with van der Waals surface area (Å²) < 4.78 is 6.94. The van der Waals surface area contributed by atoms with Crippen molar-refractivity contribution < 1.29 is 19.1 Å². The first kappa shape index (κ1) is 19.7. The summed E-state index contributed by atoms with van der Waals surface area (Å²) in [7, 11) is 1.86. The Bertz CT molecular complexity index is 857. The summed E-state index contributed by atoms with van der Waals surface area (Å²) in [5.41, 5.74) is 2.53. The molecule has 2 rings (SSSR count). The average Bonchev–Trinajstić information content (AvgIpc) is 2.87. The molecule has 7 heteroatoms. The van der Waals surface area contributed by atoms with Crippen molar-refractivity contribution in [2.24, 2.45) is 7.05 Å². The highest BCUT2D eigenvalue weighted by Crippen LogP contribution is 2.15. The van der Waals surface area contributed by atoms with E-state index in [0.717, 1.165) is 11.4 Å². The monoisotopic (exact) mass is 376 g/mol. The van der Waals surface area contributed by atoms with Gasteiger partial charge in [-0.1, -0.05) is 23.7 Å². The number of halogens is 1. The van der Waals surface area contributed by atoms with Gasteiger partial charge in [-0.05, 0) is 39.0 Å². The Kier molecular flexibility index (Phi) is 6.21. The zero-order chi connectivity index (χ0) is 19.4. The van der Waals surface area contributed by atoms with Crippen LogP contribution in [0.3, 0.4) is 0 Å². The van der Waals surface area contributed by atoms with Gasteiger partial charge < -0.3 is 14.6 Å². The Morgan fingerprint density at radius 1 is 1.19 bits per heavy atom. The van der Waals surface area contributed by atoms with Gasteiger partial charge in [-0.3, -0.25) is 9.59 Å². The second kappa shape index (κ2) is 8.19. The van der Waals surface area contributed by atoms with E-state index >= 15 is 0 Å². The van der Waals surface area contributed by atoms with Crippen LogP contribution in [-0.4, -0.2) is 34.9 Å². The fraction of sp³-hybridized carbons (Fsp3) is 0.316. The van der Waals surface area contributed by atoms with Crippen molar-refractivity contribution in [3.63, 3.8) is 0 Å². The lowest BCUT2D eigenvalue weighted by Gasteiger charge is -2.13. The smallest absolute Gasteiger partial charge is 0.328 e. The molecule has 1 amide bonds. The van der Waals surface area contributed by atoms with Crippen molar-refractivity contribution in [2.75, 3.05) is 6.61 Å². The fourth-order valence-electron chi connectivity index (χ4n) is 2.46. The molecule has 0 saturated heterocycles. The van der Waals surface area contributed by atoms with Gasteiger partial charge in [0.1, 0.15) is 6.04 Å². The maximum absolute atomic E-state index is 12.3. The van der Waals surface area contributed by atoms with Crippen LogP contribution >= 0.6 is 11.6 Å². The summed E-state index contributed by atoms with van der Waals surface area (Å²) in [6, 6.07) is 7.36. The van der Waals surface area contributed by atoms with E-state index in [2.05, 4.69) is 5.32 Å². The number of carbonyl (C=O) groups is 3. The van der Waals surface area contributed by atoms with Gasteiger partial charge in [-0.25, -0.2) is 4.79 Å². The molecule has 1 heterocycles. The topological polar surface area (TPSA) is 77.4 Å². The molecule has 0 spiro atoms. The molecule has 0 aliphatic carbocycles. The van der Waals surface area contributed by atoms with E-state index in [-0.39, 0.29) is 23.0 Å². The largest absolute Gasteiger partial charge is 0.456 e. The van der Waals surface area contributed by atoms with Crippen molar-refractivity contribution >= 4 is 29.3 Å². The summed E-state index contributed by atoms with van der Waals surface area (Å²) in [6.45, 7) is 4.82. The highest BCUT2D eigenvalue weighted by atomic mass is 35.5. The molecule has 6 nitrogen and oxygen atoms in total. The first-order valence-corrected chi connectivity index (χ1v) is 8.48. The number of aryl methyl sites for hydroxylation is 1. The molecule has 2 aromatic rings. The Labute approximate surface area is 157 Å². The van der Waals surface area contributed by atoms with Crippen LogP contribution in [0.4, 0.5) is 0 Å². The van der Waals surface area contributed by atoms with Crippen LogP contribution in [0.15, 0.2) is 30.3 Å². The molecule has 1 aromatic carbocycles. The van der Waals surface area contributed by atoms with E-state index in [4.69, 9.17) is 16.3 Å². The predicted octanol–water partition coefficient (Wildman–Crippen LogP) is 2.84. The first-order valence-electron chi connectivity index (χ1n) is 8.10. The lowest BCUT2D eigenvalue weighted by Crippen LogP contribution is -2.40. The SMILES string of the molecule is Cc1cc(C(=O)COC(=O)C(C)NC(=O)c2ccccc2Cl)c(C)n1C. The van der Waals surface area contributed by atoms with Crippen LogP contribution in [0.1, 0.15) is 39.0 Å². The number of aromatic nitrogens is 1. The van der Waals surface area contributed by atoms with Gasteiger partial charge in [-0.15, -0.1) is 0 Å². The number of hydrogen-bond acceptors (Lipinski definition) is 4. The highest BCUT2D eigenvalue weighted by molar-refractivity contribution is 6.33. The van der Waals surface area contributed by atoms with Crippen LogP contribution in [-0.2, 0) is 16.6 Å². The molecule has 138 valence electrons. The quantitative estimate of drug-likeness (QED) is 0.621. The number of rotatable bonds is 6. The molecular formula is C19H21ClN2O4. The van der Waals surface area contributed by atoms with Gasteiger partial charge in [0.25, 0.3) is 5.91 Å². The van der Waals surface area contributed by atoms with Gasteiger partial charge in [-0.2, -0.15) is 0 Å². The summed E-state index contributed by atoms with van der Waals surface area (Å²) in [6.07, 6.45) is 0. The molecule has 0 aliphatic heterocycles. The zero-order valence-electron chi connectivity index (χ0n) is 15.1. The lowest BCUT2D eigenvalue weighted by atomic mass is 10.1. The number of ketones is 1. The van der Waals surface area contributed by atoms with E-state index in [9.17, 15) is 14.4 Å². The minimum Gasteiger partial charge on any atom is -0.456 e. The molecular weight excluding hydrogens is 356 g/mol. The summed E-state index contributed by atoms with van der Waals surface area (Å²) in [5.74, 6) is -1.46. The molecule has 0 aliphatic rings. The Morgan fingerprint density at radius 3 is 2.42 bits per heavy atom. The first-order chi connectivity index (χ1) is 12.2. The van der Waals surface area contributed by atoms with E-state index < -0.39 is 17.9 Å². The molecule has 0 bridgehead atoms. The van der Waals surface area contributed by atoms with Crippen LogP contribution in [0.25, 0.3) is 0 Å². The van der Waals surface area contributed by atoms with Crippen molar-refractivity contribution in [3.8, 4) is 0 Å². The van der Waals surface area contributed by atoms with Crippen molar-refractivity contribution in [3.05, 3.63) is 57.9 Å². The van der Waals surface area contributed by atoms with Gasteiger partial charge in [0.05, 0.1) is 10.6 Å². The molecule has 0 fully saturated rings. The Hall–Kier alpha value is -2.60. The number of nitrogens with one attached hydrogen (secondary N) is 1. The zero-order valence-corrected chi connectivity index (χ0v) is 15.9. The van der Waals surface area contributed by atoms with Gasteiger partial charge in [0.15, 0.2) is 6.61 Å². The number of esters is 1. The predicted molar refractivity (Wildman–Crippen MR) is 98.6 cm³/mol. The van der Waals surface area contributed by atoms with E-state index in [1.54, 1.807) is 30.3 Å². The number of amides is 1. The molecule has 0 radical (unpaired) electrons. The minimum absolute atomic E-state index is 0.264. The standard InChI is InChI=1S/C19H21ClN2O4/c1-11-9-15(13(3)22(11)4)17(23)10-26-19(25)12(2)21-18(24)14-7-5-6-8-16(14)20/h5-9,12H,10H2,1-4H3,(H,21,24). The van der Waals surface area contributed by atoms with Gasteiger partial charge in [0.2, 0.25) is 5.78 Å². The van der Waals surface area contributed by atoms with E-state index in [1.807, 2.05) is 25.5 Å². The second-order valence-electron chi connectivity index (χ2n) is 6.05. The summed E-state index contributed by atoms with van der Waals surface area (Å²) in [4.78, 5) is 36.5. The second-order valence-corrected chi connectivity index (χ2v) is 6.46. The highest BCUT2D eigenvalue weighted by Gasteiger charge is 2.21. The van der Waals surface area contributed by atoms with Crippen LogP contribution in [0.2, 0.25) is 5.02 Å². The number of nitrogens with zero attached hydrogens (tertiary/aromatic N) is 1. The Morgan fingerprint density at radius 2 is 1.85 bits per heavy atom. The molecule has 0 saturated carbocycles. The molecule has 26 heavy (non-hydrogen) atoms. The molecule has 1 N–H and O–H groups in total. The molecule has 1 atom stereocenters. The molecule has 1 unspecified atom stereocenters. The lowest BCUT2D eigenvalue weighted by molar-refractivity contribution is -0.144.